The Balaban J connectivity index is 2.03. The molecule has 1 aliphatic rings. The first-order chi connectivity index (χ1) is 10.1. The number of carbonyl (C=O) groups excluding carboxylic acids is 3. The van der Waals surface area contributed by atoms with Gasteiger partial charge in [0, 0.05) is 0 Å². The molecule has 6 nitrogen and oxygen atoms in total. The molecular formula is C14H16N2O4S. The first-order valence-corrected chi connectivity index (χ1v) is 7.55. The van der Waals surface area contributed by atoms with Gasteiger partial charge in [-0.25, -0.2) is 4.79 Å². The lowest BCUT2D eigenvalue weighted by Gasteiger charge is -2.19. The maximum Gasteiger partial charge on any atom is 0.333 e. The van der Waals surface area contributed by atoms with Gasteiger partial charge in [0.2, 0.25) is 11.8 Å². The highest BCUT2D eigenvalue weighted by atomic mass is 32.2. The molecule has 1 heterocycles. The lowest BCUT2D eigenvalue weighted by atomic mass is 10.1. The quantitative estimate of drug-likeness (QED) is 0.804. The molecule has 0 saturated carbocycles. The van der Waals surface area contributed by atoms with Crippen LogP contribution in [0.3, 0.4) is 0 Å². The zero-order valence-electron chi connectivity index (χ0n) is 11.6. The van der Waals surface area contributed by atoms with Gasteiger partial charge in [0.05, 0.1) is 18.7 Å². The normalized spacial score (nSPS) is 15.7. The molecule has 1 aromatic rings. The Morgan fingerprint density at radius 3 is 2.67 bits per heavy atom. The van der Waals surface area contributed by atoms with E-state index >= 15 is 0 Å². The van der Waals surface area contributed by atoms with Gasteiger partial charge >= 0.3 is 5.97 Å². The van der Waals surface area contributed by atoms with E-state index in [1.165, 1.54) is 23.8 Å². The monoisotopic (exact) mass is 308 g/mol. The van der Waals surface area contributed by atoms with Crippen molar-refractivity contribution in [1.82, 2.24) is 10.2 Å². The minimum atomic E-state index is -0.867. The van der Waals surface area contributed by atoms with Crippen LogP contribution in [0.2, 0.25) is 0 Å². The SMILES string of the molecule is COC(=O)C(NC(=O)CN1CSCC1=O)c1ccccc1. The molecule has 0 aromatic heterocycles. The fourth-order valence-electron chi connectivity index (χ4n) is 1.96. The summed E-state index contributed by atoms with van der Waals surface area (Å²) in [4.78, 5) is 36.8. The highest BCUT2D eigenvalue weighted by Gasteiger charge is 2.27. The molecule has 0 spiro atoms. The summed E-state index contributed by atoms with van der Waals surface area (Å²) >= 11 is 1.46. The van der Waals surface area contributed by atoms with Gasteiger partial charge in [-0.2, -0.15) is 0 Å². The van der Waals surface area contributed by atoms with E-state index in [0.29, 0.717) is 17.2 Å². The Hall–Kier alpha value is -2.02. The third-order valence-electron chi connectivity index (χ3n) is 3.03. The highest BCUT2D eigenvalue weighted by Crippen LogP contribution is 2.16. The summed E-state index contributed by atoms with van der Waals surface area (Å²) in [5.74, 6) is -0.0985. The van der Waals surface area contributed by atoms with Crippen molar-refractivity contribution in [3.05, 3.63) is 35.9 Å². The standard InChI is InChI=1S/C14H16N2O4S/c1-20-14(19)13(10-5-3-2-4-6-10)15-11(17)7-16-9-21-8-12(16)18/h2-6,13H,7-9H2,1H3,(H,15,17). The van der Waals surface area contributed by atoms with Crippen LogP contribution in [0.15, 0.2) is 30.3 Å². The van der Waals surface area contributed by atoms with Crippen LogP contribution in [-0.4, -0.2) is 48.0 Å². The molecule has 1 N–H and O–H groups in total. The summed E-state index contributed by atoms with van der Waals surface area (Å²) in [6.07, 6.45) is 0. The van der Waals surface area contributed by atoms with Crippen molar-refractivity contribution in [2.24, 2.45) is 0 Å². The second-order valence-electron chi connectivity index (χ2n) is 4.50. The maximum absolute atomic E-state index is 12.0. The van der Waals surface area contributed by atoms with Crippen LogP contribution in [0.25, 0.3) is 0 Å². The van der Waals surface area contributed by atoms with Crippen molar-refractivity contribution in [2.75, 3.05) is 25.3 Å². The van der Waals surface area contributed by atoms with Crippen molar-refractivity contribution in [2.45, 2.75) is 6.04 Å². The van der Waals surface area contributed by atoms with Gasteiger partial charge in [0.1, 0.15) is 6.54 Å². The van der Waals surface area contributed by atoms with Gasteiger partial charge in [-0.15, -0.1) is 11.8 Å². The molecule has 112 valence electrons. The minimum Gasteiger partial charge on any atom is -0.467 e. The van der Waals surface area contributed by atoms with Gasteiger partial charge < -0.3 is 15.0 Å². The second-order valence-corrected chi connectivity index (χ2v) is 5.46. The van der Waals surface area contributed by atoms with Gasteiger partial charge in [-0.05, 0) is 5.56 Å². The van der Waals surface area contributed by atoms with Crippen molar-refractivity contribution in [3.8, 4) is 0 Å². The summed E-state index contributed by atoms with van der Waals surface area (Å²) in [5, 5.41) is 2.61. The number of benzene rings is 1. The van der Waals surface area contributed by atoms with Crippen LogP contribution in [0.1, 0.15) is 11.6 Å². The molecule has 0 radical (unpaired) electrons. The third kappa shape index (κ3) is 3.98. The van der Waals surface area contributed by atoms with Crippen LogP contribution in [0.5, 0.6) is 0 Å². The van der Waals surface area contributed by atoms with Crippen LogP contribution in [0, 0.1) is 0 Å². The van der Waals surface area contributed by atoms with E-state index in [-0.39, 0.29) is 18.4 Å². The number of hydrogen-bond donors (Lipinski definition) is 1. The molecule has 7 heteroatoms. The van der Waals surface area contributed by atoms with Crippen molar-refractivity contribution < 1.29 is 19.1 Å². The van der Waals surface area contributed by atoms with Gasteiger partial charge in [-0.1, -0.05) is 30.3 Å². The Bertz CT molecular complexity index is 535. The molecule has 21 heavy (non-hydrogen) atoms. The number of rotatable bonds is 5. The predicted molar refractivity (Wildman–Crippen MR) is 78.4 cm³/mol. The molecule has 1 fully saturated rings. The number of nitrogens with one attached hydrogen (secondary N) is 1. The minimum absolute atomic E-state index is 0.0494. The molecule has 2 amide bonds. The van der Waals surface area contributed by atoms with E-state index in [1.807, 2.05) is 6.07 Å². The van der Waals surface area contributed by atoms with Crippen LogP contribution < -0.4 is 5.32 Å². The third-order valence-corrected chi connectivity index (χ3v) is 3.98. The average molecular weight is 308 g/mol. The Morgan fingerprint density at radius 2 is 2.10 bits per heavy atom. The number of hydrogen-bond acceptors (Lipinski definition) is 5. The Labute approximate surface area is 126 Å². The van der Waals surface area contributed by atoms with E-state index in [4.69, 9.17) is 4.74 Å². The fraction of sp³-hybridized carbons (Fsp3) is 0.357. The van der Waals surface area contributed by atoms with Crippen LogP contribution in [-0.2, 0) is 19.1 Å². The van der Waals surface area contributed by atoms with Crippen molar-refractivity contribution in [1.29, 1.82) is 0 Å². The predicted octanol–water partition coefficient (Wildman–Crippen LogP) is 0.550. The van der Waals surface area contributed by atoms with Crippen LogP contribution in [0.4, 0.5) is 0 Å². The summed E-state index contributed by atoms with van der Waals surface area (Å²) in [5.41, 5.74) is 0.639. The lowest BCUT2D eigenvalue weighted by Crippen LogP contribution is -2.42. The number of ether oxygens (including phenoxy) is 1. The number of esters is 1. The molecule has 2 rings (SSSR count). The summed E-state index contributed by atoms with van der Waals surface area (Å²) < 4.78 is 4.72. The molecule has 1 atom stereocenters. The van der Waals surface area contributed by atoms with Gasteiger partial charge in [-0.3, -0.25) is 9.59 Å². The molecule has 0 bridgehead atoms. The smallest absolute Gasteiger partial charge is 0.333 e. The number of methoxy groups -OCH3 is 1. The van der Waals surface area contributed by atoms with E-state index in [2.05, 4.69) is 5.32 Å². The van der Waals surface area contributed by atoms with E-state index < -0.39 is 12.0 Å². The van der Waals surface area contributed by atoms with E-state index in [0.717, 1.165) is 0 Å². The van der Waals surface area contributed by atoms with E-state index in [9.17, 15) is 14.4 Å². The molecule has 1 unspecified atom stereocenters. The molecule has 0 aliphatic carbocycles. The second kappa shape index (κ2) is 7.12. The average Bonchev–Trinajstić information content (AvgIpc) is 2.90. The van der Waals surface area contributed by atoms with E-state index in [1.54, 1.807) is 24.3 Å². The zero-order valence-corrected chi connectivity index (χ0v) is 12.4. The highest BCUT2D eigenvalue weighted by molar-refractivity contribution is 8.00. The summed E-state index contributed by atoms with van der Waals surface area (Å²) in [7, 11) is 1.27. The number of carbonyl (C=O) groups is 3. The molecular weight excluding hydrogens is 292 g/mol. The zero-order chi connectivity index (χ0) is 15.2. The molecule has 1 aromatic carbocycles. The van der Waals surface area contributed by atoms with Gasteiger partial charge in [0.25, 0.3) is 0 Å². The number of thioether (sulfide) groups is 1. The fourth-order valence-corrected chi connectivity index (χ4v) is 2.87. The first-order valence-electron chi connectivity index (χ1n) is 6.39. The largest absolute Gasteiger partial charge is 0.467 e. The molecule has 1 aliphatic heterocycles. The maximum atomic E-state index is 12.0. The van der Waals surface area contributed by atoms with Crippen molar-refractivity contribution in [3.63, 3.8) is 0 Å². The Morgan fingerprint density at radius 1 is 1.38 bits per heavy atom. The Kier molecular flexibility index (Phi) is 5.21. The summed E-state index contributed by atoms with van der Waals surface area (Å²) in [6, 6.07) is 7.97. The lowest BCUT2D eigenvalue weighted by molar-refractivity contribution is -0.145. The number of amides is 2. The topological polar surface area (TPSA) is 75.7 Å². The van der Waals surface area contributed by atoms with Gasteiger partial charge in [0.15, 0.2) is 6.04 Å². The van der Waals surface area contributed by atoms with Crippen molar-refractivity contribution >= 4 is 29.5 Å². The first kappa shape index (κ1) is 15.4. The summed E-state index contributed by atoms with van der Waals surface area (Å²) in [6.45, 7) is -0.0494. The van der Waals surface area contributed by atoms with Crippen LogP contribution >= 0.6 is 11.8 Å². The number of nitrogens with zero attached hydrogens (tertiary/aromatic N) is 1. The molecule has 1 saturated heterocycles.